The highest BCUT2D eigenvalue weighted by molar-refractivity contribution is 5.85. The van der Waals surface area contributed by atoms with Gasteiger partial charge in [-0.25, -0.2) is 0 Å². The lowest BCUT2D eigenvalue weighted by molar-refractivity contribution is 0.272. The second-order valence-electron chi connectivity index (χ2n) is 3.99. The summed E-state index contributed by atoms with van der Waals surface area (Å²) in [6.45, 7) is 10.1. The van der Waals surface area contributed by atoms with Gasteiger partial charge in [0.1, 0.15) is 12.4 Å². The molecule has 0 radical (unpaired) electrons. The number of hydrogen-bond donors (Lipinski definition) is 1. The Bertz CT molecular complexity index is 295. The maximum atomic E-state index is 5.82. The fourth-order valence-corrected chi connectivity index (χ4v) is 1.64. The number of para-hydroxylation sites is 1. The van der Waals surface area contributed by atoms with E-state index in [-0.39, 0.29) is 12.4 Å². The Morgan fingerprint density at radius 2 is 1.81 bits per heavy atom. The van der Waals surface area contributed by atoms with E-state index in [1.54, 1.807) is 0 Å². The molecular formula is C13H22ClNO. The molecule has 92 valence electrons. The molecule has 16 heavy (non-hydrogen) atoms. The smallest absolute Gasteiger partial charge is 0.125 e. The summed E-state index contributed by atoms with van der Waals surface area (Å²) >= 11 is 0. The van der Waals surface area contributed by atoms with Gasteiger partial charge in [0.05, 0.1) is 0 Å². The van der Waals surface area contributed by atoms with Crippen LogP contribution in [-0.2, 0) is 0 Å². The zero-order chi connectivity index (χ0) is 11.3. The summed E-state index contributed by atoms with van der Waals surface area (Å²) < 4.78 is 5.82. The number of rotatable bonds is 5. The topological polar surface area (TPSA) is 21.3 Å². The quantitative estimate of drug-likeness (QED) is 0.858. The standard InChI is InChI=1S/C13H21NO.ClH/c1-5-14-12(4)9-15-13-10(2)7-6-8-11(13)3;/h6-8,12,14H,5,9H2,1-4H3;1H. The predicted molar refractivity (Wildman–Crippen MR) is 71.8 cm³/mol. The second kappa shape index (κ2) is 7.53. The number of halogens is 1. The van der Waals surface area contributed by atoms with Crippen molar-refractivity contribution in [1.82, 2.24) is 5.32 Å². The molecule has 0 aliphatic rings. The summed E-state index contributed by atoms with van der Waals surface area (Å²) in [5, 5.41) is 3.33. The van der Waals surface area contributed by atoms with Gasteiger partial charge in [0.25, 0.3) is 0 Å². The molecule has 0 saturated carbocycles. The van der Waals surface area contributed by atoms with Gasteiger partial charge in [-0.3, -0.25) is 0 Å². The van der Waals surface area contributed by atoms with E-state index in [1.165, 1.54) is 11.1 Å². The number of ether oxygens (including phenoxy) is 1. The van der Waals surface area contributed by atoms with E-state index in [0.717, 1.165) is 18.9 Å². The molecule has 0 spiro atoms. The van der Waals surface area contributed by atoms with Gasteiger partial charge in [0.2, 0.25) is 0 Å². The minimum absolute atomic E-state index is 0. The van der Waals surface area contributed by atoms with Crippen molar-refractivity contribution in [1.29, 1.82) is 0 Å². The van der Waals surface area contributed by atoms with Crippen LogP contribution in [0.3, 0.4) is 0 Å². The van der Waals surface area contributed by atoms with Crippen LogP contribution in [0.5, 0.6) is 5.75 Å². The Balaban J connectivity index is 0.00000225. The van der Waals surface area contributed by atoms with Crippen LogP contribution in [0.2, 0.25) is 0 Å². The Kier molecular flexibility index (Phi) is 7.18. The van der Waals surface area contributed by atoms with Gasteiger partial charge in [0, 0.05) is 6.04 Å². The van der Waals surface area contributed by atoms with Crippen molar-refractivity contribution in [3.8, 4) is 5.75 Å². The maximum Gasteiger partial charge on any atom is 0.125 e. The fourth-order valence-electron chi connectivity index (χ4n) is 1.64. The Morgan fingerprint density at radius 3 is 2.31 bits per heavy atom. The first kappa shape index (κ1) is 15.3. The molecule has 0 aliphatic carbocycles. The summed E-state index contributed by atoms with van der Waals surface area (Å²) in [5.74, 6) is 1.03. The highest BCUT2D eigenvalue weighted by Gasteiger charge is 2.05. The first-order valence-electron chi connectivity index (χ1n) is 5.57. The van der Waals surface area contributed by atoms with Crippen LogP contribution in [-0.4, -0.2) is 19.2 Å². The molecule has 1 N–H and O–H groups in total. The SMILES string of the molecule is CCNC(C)COc1c(C)cccc1C.Cl. The summed E-state index contributed by atoms with van der Waals surface area (Å²) in [6.07, 6.45) is 0. The molecule has 0 fully saturated rings. The lowest BCUT2D eigenvalue weighted by Crippen LogP contribution is -2.31. The van der Waals surface area contributed by atoms with E-state index in [9.17, 15) is 0 Å². The number of benzene rings is 1. The van der Waals surface area contributed by atoms with E-state index in [2.05, 4.69) is 51.2 Å². The van der Waals surface area contributed by atoms with Crippen LogP contribution in [0.15, 0.2) is 18.2 Å². The van der Waals surface area contributed by atoms with Crippen molar-refractivity contribution in [2.24, 2.45) is 0 Å². The van der Waals surface area contributed by atoms with Crippen LogP contribution in [0.1, 0.15) is 25.0 Å². The monoisotopic (exact) mass is 243 g/mol. The third-order valence-electron chi connectivity index (χ3n) is 2.44. The summed E-state index contributed by atoms with van der Waals surface area (Å²) in [7, 11) is 0. The van der Waals surface area contributed by atoms with Gasteiger partial charge in [-0.15, -0.1) is 12.4 Å². The third-order valence-corrected chi connectivity index (χ3v) is 2.44. The molecule has 0 aromatic heterocycles. The molecule has 0 amide bonds. The normalized spacial score (nSPS) is 11.8. The van der Waals surface area contributed by atoms with Crippen molar-refractivity contribution >= 4 is 12.4 Å². The first-order valence-corrected chi connectivity index (χ1v) is 5.57. The second-order valence-corrected chi connectivity index (χ2v) is 3.99. The molecule has 0 heterocycles. The Labute approximate surface area is 105 Å². The maximum absolute atomic E-state index is 5.82. The average Bonchev–Trinajstić information content (AvgIpc) is 2.17. The summed E-state index contributed by atoms with van der Waals surface area (Å²) in [4.78, 5) is 0. The van der Waals surface area contributed by atoms with Crippen molar-refractivity contribution in [2.45, 2.75) is 33.7 Å². The lowest BCUT2D eigenvalue weighted by Gasteiger charge is -2.16. The largest absolute Gasteiger partial charge is 0.491 e. The molecule has 1 aromatic carbocycles. The van der Waals surface area contributed by atoms with Crippen LogP contribution in [0.4, 0.5) is 0 Å². The van der Waals surface area contributed by atoms with Crippen LogP contribution < -0.4 is 10.1 Å². The van der Waals surface area contributed by atoms with Gasteiger partial charge in [-0.1, -0.05) is 25.1 Å². The number of likely N-dealkylation sites (N-methyl/N-ethyl adjacent to an activating group) is 1. The molecule has 0 aliphatic heterocycles. The lowest BCUT2D eigenvalue weighted by atomic mass is 10.1. The Morgan fingerprint density at radius 1 is 1.25 bits per heavy atom. The summed E-state index contributed by atoms with van der Waals surface area (Å²) in [5.41, 5.74) is 2.41. The zero-order valence-corrected chi connectivity index (χ0v) is 11.4. The minimum Gasteiger partial charge on any atom is -0.491 e. The zero-order valence-electron chi connectivity index (χ0n) is 10.5. The van der Waals surface area contributed by atoms with Crippen molar-refractivity contribution in [3.05, 3.63) is 29.3 Å². The van der Waals surface area contributed by atoms with Crippen LogP contribution in [0, 0.1) is 13.8 Å². The number of hydrogen-bond acceptors (Lipinski definition) is 2. The van der Waals surface area contributed by atoms with Gasteiger partial charge >= 0.3 is 0 Å². The van der Waals surface area contributed by atoms with E-state index in [0.29, 0.717) is 6.04 Å². The van der Waals surface area contributed by atoms with Crippen LogP contribution in [0.25, 0.3) is 0 Å². The molecule has 0 bridgehead atoms. The minimum atomic E-state index is 0. The molecule has 1 unspecified atom stereocenters. The van der Waals surface area contributed by atoms with E-state index < -0.39 is 0 Å². The number of aryl methyl sites for hydroxylation is 2. The van der Waals surface area contributed by atoms with Gasteiger partial charge in [-0.2, -0.15) is 0 Å². The van der Waals surface area contributed by atoms with Gasteiger partial charge in [-0.05, 0) is 38.4 Å². The average molecular weight is 244 g/mol. The van der Waals surface area contributed by atoms with E-state index in [1.807, 2.05) is 0 Å². The van der Waals surface area contributed by atoms with Crippen molar-refractivity contribution < 1.29 is 4.74 Å². The van der Waals surface area contributed by atoms with E-state index in [4.69, 9.17) is 4.74 Å². The molecule has 1 aromatic rings. The predicted octanol–water partition coefficient (Wildman–Crippen LogP) is 3.10. The Hall–Kier alpha value is -0.730. The molecule has 1 atom stereocenters. The highest BCUT2D eigenvalue weighted by atomic mass is 35.5. The van der Waals surface area contributed by atoms with Gasteiger partial charge < -0.3 is 10.1 Å². The number of nitrogens with one attached hydrogen (secondary N) is 1. The van der Waals surface area contributed by atoms with Crippen LogP contribution >= 0.6 is 12.4 Å². The third kappa shape index (κ3) is 4.42. The highest BCUT2D eigenvalue weighted by Crippen LogP contribution is 2.22. The summed E-state index contributed by atoms with van der Waals surface area (Å²) in [6, 6.07) is 6.63. The van der Waals surface area contributed by atoms with Gasteiger partial charge in [0.15, 0.2) is 0 Å². The first-order chi connectivity index (χ1) is 7.15. The molecular weight excluding hydrogens is 222 g/mol. The van der Waals surface area contributed by atoms with E-state index >= 15 is 0 Å². The molecule has 0 saturated heterocycles. The van der Waals surface area contributed by atoms with Crippen molar-refractivity contribution in [3.63, 3.8) is 0 Å². The molecule has 2 nitrogen and oxygen atoms in total. The fraction of sp³-hybridized carbons (Fsp3) is 0.538. The van der Waals surface area contributed by atoms with Crippen molar-refractivity contribution in [2.75, 3.05) is 13.2 Å². The molecule has 1 rings (SSSR count). The molecule has 3 heteroatoms.